The lowest BCUT2D eigenvalue weighted by Gasteiger charge is -2.16. The fourth-order valence-corrected chi connectivity index (χ4v) is 4.47. The van der Waals surface area contributed by atoms with Gasteiger partial charge in [0.2, 0.25) is 5.69 Å². The maximum atomic E-state index is 13.3. The van der Waals surface area contributed by atoms with Gasteiger partial charge in [-0.05, 0) is 54.4 Å². The Labute approximate surface area is 211 Å². The van der Waals surface area contributed by atoms with Gasteiger partial charge in [-0.15, -0.1) is 0 Å². The number of nitrogens with zero attached hydrogens (tertiary/aromatic N) is 3. The van der Waals surface area contributed by atoms with Gasteiger partial charge in [0.25, 0.3) is 0 Å². The summed E-state index contributed by atoms with van der Waals surface area (Å²) in [5.41, 5.74) is 4.37. The molecule has 0 aliphatic carbocycles. The van der Waals surface area contributed by atoms with E-state index in [0.717, 1.165) is 10.3 Å². The average Bonchev–Trinajstić information content (AvgIpc) is 3.31. The quantitative estimate of drug-likeness (QED) is 0.240. The average molecular weight is 495 g/mol. The van der Waals surface area contributed by atoms with Gasteiger partial charge in [-0.2, -0.15) is 9.99 Å². The number of fused-ring (bicyclic) bond motifs is 1. The zero-order valence-electron chi connectivity index (χ0n) is 18.9. The number of nitriles is 1. The molecule has 5 rings (SSSR count). The van der Waals surface area contributed by atoms with E-state index in [0.29, 0.717) is 50.7 Å². The normalized spacial score (nSPS) is 11.8. The zero-order chi connectivity index (χ0) is 25.2. The predicted molar refractivity (Wildman–Crippen MR) is 136 cm³/mol. The number of nitrogens with one attached hydrogen (secondary N) is 1. The molecule has 2 N–H and O–H groups in total. The number of benzene rings is 3. The van der Waals surface area contributed by atoms with E-state index in [1.165, 1.54) is 18.3 Å². The Kier molecular flexibility index (Phi) is 6.11. The number of imidazole rings is 1. The number of carboxylic acid groups (broad SMARTS) is 1. The molecule has 0 saturated carbocycles. The zero-order valence-corrected chi connectivity index (χ0v) is 19.6. The summed E-state index contributed by atoms with van der Waals surface area (Å²) < 4.78 is 0.793. The summed E-state index contributed by atoms with van der Waals surface area (Å²) in [5.74, 6) is -0.914. The number of aromatic nitrogens is 3. The van der Waals surface area contributed by atoms with Crippen LogP contribution in [-0.4, -0.2) is 21.0 Å². The molecule has 0 spiro atoms. The first-order chi connectivity index (χ1) is 17.4. The molecule has 36 heavy (non-hydrogen) atoms. The van der Waals surface area contributed by atoms with E-state index in [9.17, 15) is 20.4 Å². The topological polar surface area (TPSA) is 117 Å². The summed E-state index contributed by atoms with van der Waals surface area (Å²) in [5, 5.41) is 32.6. The molecular weight excluding hydrogens is 476 g/mol. The lowest BCUT2D eigenvalue weighted by Crippen LogP contribution is -2.34. The summed E-state index contributed by atoms with van der Waals surface area (Å²) in [4.78, 5) is 19.3. The minimum Gasteiger partial charge on any atom is -0.618 e. The third-order valence-corrected chi connectivity index (χ3v) is 6.31. The van der Waals surface area contributed by atoms with Crippen molar-refractivity contribution < 1.29 is 14.6 Å². The van der Waals surface area contributed by atoms with Crippen LogP contribution in [0.1, 0.15) is 38.9 Å². The van der Waals surface area contributed by atoms with Gasteiger partial charge in [-0.3, -0.25) is 0 Å². The number of hydrogen-bond acceptors (Lipinski definition) is 4. The molecule has 5 aromatic rings. The van der Waals surface area contributed by atoms with Crippen LogP contribution >= 0.6 is 11.6 Å². The summed E-state index contributed by atoms with van der Waals surface area (Å²) in [6, 6.07) is 25.0. The fourth-order valence-electron chi connectivity index (χ4n) is 4.29. The van der Waals surface area contributed by atoms with Crippen molar-refractivity contribution in [1.82, 2.24) is 9.97 Å². The second kappa shape index (κ2) is 9.53. The van der Waals surface area contributed by atoms with Crippen LogP contribution in [0.3, 0.4) is 0 Å². The Balaban J connectivity index is 1.61. The van der Waals surface area contributed by atoms with Crippen LogP contribution < -0.4 is 4.73 Å². The molecule has 176 valence electrons. The van der Waals surface area contributed by atoms with Crippen LogP contribution in [0.2, 0.25) is 5.02 Å². The highest BCUT2D eigenvalue weighted by Gasteiger charge is 2.27. The smallest absolute Gasteiger partial charge is 0.335 e. The molecule has 3 aromatic carbocycles. The molecule has 7 nitrogen and oxygen atoms in total. The number of carbonyl (C=O) groups is 1. The molecular formula is C28H19ClN4O3. The summed E-state index contributed by atoms with van der Waals surface area (Å²) >= 11 is 6.14. The van der Waals surface area contributed by atoms with Crippen LogP contribution in [0, 0.1) is 16.5 Å². The van der Waals surface area contributed by atoms with Crippen LogP contribution in [0.15, 0.2) is 85.1 Å². The Morgan fingerprint density at radius 2 is 1.92 bits per heavy atom. The molecule has 2 heterocycles. The van der Waals surface area contributed by atoms with Crippen molar-refractivity contribution in [3.63, 3.8) is 0 Å². The number of H-pyrrole nitrogens is 1. The van der Waals surface area contributed by atoms with Gasteiger partial charge in [0.1, 0.15) is 11.7 Å². The van der Waals surface area contributed by atoms with E-state index in [4.69, 9.17) is 11.6 Å². The van der Waals surface area contributed by atoms with Crippen molar-refractivity contribution in [3.05, 3.63) is 123 Å². The van der Waals surface area contributed by atoms with Crippen molar-refractivity contribution in [1.29, 1.82) is 5.26 Å². The SMILES string of the molecule is N#Cc1ccc(Cl)cc1-c1ccc(C(Cc2ccccc2)c2nc3ccc(C(=O)O)cc3[nH]2)[n+]([O-])c1. The molecule has 1 unspecified atom stereocenters. The van der Waals surface area contributed by atoms with E-state index >= 15 is 0 Å². The number of aromatic carboxylic acids is 1. The van der Waals surface area contributed by atoms with Gasteiger partial charge in [0, 0.05) is 22.2 Å². The fraction of sp³-hybridized carbons (Fsp3) is 0.0714. The third-order valence-electron chi connectivity index (χ3n) is 6.07. The molecule has 8 heteroatoms. The number of hydrogen-bond donors (Lipinski definition) is 2. The number of rotatable bonds is 6. The molecule has 0 aliphatic heterocycles. The largest absolute Gasteiger partial charge is 0.618 e. The number of carboxylic acids is 1. The summed E-state index contributed by atoms with van der Waals surface area (Å²) in [6.45, 7) is 0. The standard InChI is InChI=1S/C28H19ClN4O3/c29-21-9-6-19(15-30)22(14-21)20-8-11-26(33(36)16-20)23(12-17-4-2-1-3-5-17)27-31-24-10-7-18(28(34)35)13-25(24)32-27/h1-11,13-14,16,23H,12H2,(H,31,32)(H,34,35). The minimum absolute atomic E-state index is 0.148. The third kappa shape index (κ3) is 4.50. The Morgan fingerprint density at radius 3 is 2.64 bits per heavy atom. The first-order valence-corrected chi connectivity index (χ1v) is 11.5. The van der Waals surface area contributed by atoms with Crippen LogP contribution in [0.25, 0.3) is 22.2 Å². The number of aromatic amines is 1. The second-order valence-corrected chi connectivity index (χ2v) is 8.81. The summed E-state index contributed by atoms with van der Waals surface area (Å²) in [7, 11) is 0. The van der Waals surface area contributed by atoms with Crippen LogP contribution in [0.4, 0.5) is 0 Å². The Morgan fingerprint density at radius 1 is 1.11 bits per heavy atom. The monoisotopic (exact) mass is 494 g/mol. The highest BCUT2D eigenvalue weighted by Crippen LogP contribution is 2.30. The predicted octanol–water partition coefficient (Wildman–Crippen LogP) is 5.46. The van der Waals surface area contributed by atoms with Gasteiger partial charge >= 0.3 is 5.97 Å². The van der Waals surface area contributed by atoms with Crippen molar-refractivity contribution in [2.75, 3.05) is 0 Å². The highest BCUT2D eigenvalue weighted by molar-refractivity contribution is 6.30. The molecule has 0 aliphatic rings. The lowest BCUT2D eigenvalue weighted by molar-refractivity contribution is -0.614. The van der Waals surface area contributed by atoms with Crippen molar-refractivity contribution >= 4 is 28.6 Å². The maximum Gasteiger partial charge on any atom is 0.335 e. The van der Waals surface area contributed by atoms with E-state index in [2.05, 4.69) is 16.0 Å². The molecule has 1 atom stereocenters. The molecule has 0 fully saturated rings. The first-order valence-electron chi connectivity index (χ1n) is 11.1. The van der Waals surface area contributed by atoms with Gasteiger partial charge in [-0.25, -0.2) is 9.78 Å². The van der Waals surface area contributed by atoms with E-state index in [1.807, 2.05) is 30.3 Å². The van der Waals surface area contributed by atoms with Crippen LogP contribution in [-0.2, 0) is 6.42 Å². The number of pyridine rings is 1. The van der Waals surface area contributed by atoms with Crippen molar-refractivity contribution in [2.24, 2.45) is 0 Å². The molecule has 0 amide bonds. The number of halogens is 1. The van der Waals surface area contributed by atoms with Gasteiger partial charge in [0.15, 0.2) is 6.20 Å². The van der Waals surface area contributed by atoms with Gasteiger partial charge < -0.3 is 15.3 Å². The summed E-state index contributed by atoms with van der Waals surface area (Å²) in [6.07, 6.45) is 1.93. The van der Waals surface area contributed by atoms with E-state index < -0.39 is 11.9 Å². The van der Waals surface area contributed by atoms with Gasteiger partial charge in [-0.1, -0.05) is 41.9 Å². The van der Waals surface area contributed by atoms with E-state index in [-0.39, 0.29) is 5.56 Å². The second-order valence-electron chi connectivity index (χ2n) is 8.37. The van der Waals surface area contributed by atoms with Crippen molar-refractivity contribution in [3.8, 4) is 17.2 Å². The highest BCUT2D eigenvalue weighted by atomic mass is 35.5. The van der Waals surface area contributed by atoms with E-state index in [1.54, 1.807) is 36.4 Å². The molecule has 2 aromatic heterocycles. The molecule has 0 saturated heterocycles. The first kappa shape index (κ1) is 23.1. The maximum absolute atomic E-state index is 13.3. The minimum atomic E-state index is -1.03. The van der Waals surface area contributed by atoms with Crippen molar-refractivity contribution in [2.45, 2.75) is 12.3 Å². The van der Waals surface area contributed by atoms with Gasteiger partial charge in [0.05, 0.1) is 28.2 Å². The van der Waals surface area contributed by atoms with Crippen LogP contribution in [0.5, 0.6) is 0 Å². The lowest BCUT2D eigenvalue weighted by atomic mass is 9.93. The Hall–Kier alpha value is -4.67. The molecule has 0 radical (unpaired) electrons. The Bertz CT molecular complexity index is 1640. The molecule has 0 bridgehead atoms.